The molecule has 9 heteroatoms. The van der Waals surface area contributed by atoms with E-state index in [-0.39, 0.29) is 15.1 Å². The summed E-state index contributed by atoms with van der Waals surface area (Å²) in [4.78, 5) is 15.9. The molecule has 0 radical (unpaired) electrons. The van der Waals surface area contributed by atoms with Crippen LogP contribution >= 0.6 is 11.3 Å². The molecular formula is C13H8F3N3O2S. The molecule has 0 unspecified atom stereocenters. The summed E-state index contributed by atoms with van der Waals surface area (Å²) in [6.45, 7) is 0. The maximum Gasteiger partial charge on any atom is 0.417 e. The Labute approximate surface area is 125 Å². The van der Waals surface area contributed by atoms with Gasteiger partial charge in [-0.1, -0.05) is 0 Å². The van der Waals surface area contributed by atoms with Gasteiger partial charge in [-0.15, -0.1) is 11.3 Å². The summed E-state index contributed by atoms with van der Waals surface area (Å²) in [6.07, 6.45) is -2.38. The van der Waals surface area contributed by atoms with Gasteiger partial charge in [0.25, 0.3) is 5.91 Å². The van der Waals surface area contributed by atoms with Crippen LogP contribution in [0.15, 0.2) is 35.1 Å². The van der Waals surface area contributed by atoms with Crippen LogP contribution in [0.1, 0.15) is 15.2 Å². The van der Waals surface area contributed by atoms with E-state index in [2.05, 4.69) is 4.98 Å². The van der Waals surface area contributed by atoms with E-state index in [9.17, 15) is 18.0 Å². The number of fused-ring (bicyclic) bond motifs is 1. The number of thiophene rings is 1. The average molecular weight is 327 g/mol. The Hall–Kier alpha value is -2.39. The molecule has 0 aliphatic rings. The molecule has 0 saturated carbocycles. The van der Waals surface area contributed by atoms with Gasteiger partial charge in [-0.3, -0.25) is 15.2 Å². The molecule has 0 spiro atoms. The second-order valence-electron chi connectivity index (χ2n) is 4.33. The van der Waals surface area contributed by atoms with Gasteiger partial charge in [0.05, 0.1) is 27.6 Å². The molecular weight excluding hydrogens is 319 g/mol. The van der Waals surface area contributed by atoms with Crippen molar-refractivity contribution < 1.29 is 22.4 Å². The van der Waals surface area contributed by atoms with Crippen LogP contribution in [0.2, 0.25) is 0 Å². The molecule has 0 bridgehead atoms. The maximum absolute atomic E-state index is 12.8. The quantitative estimate of drug-likeness (QED) is 0.430. The zero-order chi connectivity index (χ0) is 15.9. The zero-order valence-corrected chi connectivity index (χ0v) is 11.6. The molecule has 3 N–H and O–H groups in total. The molecule has 0 aromatic carbocycles. The van der Waals surface area contributed by atoms with E-state index in [4.69, 9.17) is 10.3 Å². The van der Waals surface area contributed by atoms with Gasteiger partial charge >= 0.3 is 6.18 Å². The van der Waals surface area contributed by atoms with Crippen LogP contribution in [0.3, 0.4) is 0 Å². The summed E-state index contributed by atoms with van der Waals surface area (Å²) in [5.41, 5.74) is 1.66. The number of hydrogen-bond donors (Lipinski definition) is 2. The van der Waals surface area contributed by atoms with Crippen molar-refractivity contribution in [3.63, 3.8) is 0 Å². The SMILES string of the molecule is NNC(=O)c1sc2cc(C(F)(F)F)cnc2c1-c1ccco1. The normalized spacial score (nSPS) is 11.8. The molecule has 3 rings (SSSR count). The van der Waals surface area contributed by atoms with E-state index in [0.717, 1.165) is 23.6 Å². The first-order valence-corrected chi connectivity index (χ1v) is 6.78. The Balaban J connectivity index is 2.29. The van der Waals surface area contributed by atoms with E-state index < -0.39 is 17.6 Å². The third-order valence-corrected chi connectivity index (χ3v) is 4.09. The van der Waals surface area contributed by atoms with Crippen molar-refractivity contribution in [2.75, 3.05) is 0 Å². The van der Waals surface area contributed by atoms with Gasteiger partial charge in [0.2, 0.25) is 0 Å². The number of pyridine rings is 1. The van der Waals surface area contributed by atoms with Crippen LogP contribution in [0.25, 0.3) is 21.5 Å². The van der Waals surface area contributed by atoms with Gasteiger partial charge in [-0.05, 0) is 18.2 Å². The number of rotatable bonds is 2. The number of halogens is 3. The summed E-state index contributed by atoms with van der Waals surface area (Å²) in [5.74, 6) is 4.83. The third-order valence-electron chi connectivity index (χ3n) is 2.96. The zero-order valence-electron chi connectivity index (χ0n) is 10.8. The predicted octanol–water partition coefficient (Wildman–Crippen LogP) is 3.18. The Morgan fingerprint density at radius 1 is 1.41 bits per heavy atom. The Morgan fingerprint density at radius 3 is 2.77 bits per heavy atom. The van der Waals surface area contributed by atoms with Crippen molar-refractivity contribution in [2.45, 2.75) is 6.18 Å². The first-order chi connectivity index (χ1) is 10.4. The number of amides is 1. The number of nitrogens with zero attached hydrogens (tertiary/aromatic N) is 1. The molecule has 0 aliphatic heterocycles. The fourth-order valence-corrected chi connectivity index (χ4v) is 3.12. The number of hydrazine groups is 1. The van der Waals surface area contributed by atoms with Crippen molar-refractivity contribution in [1.82, 2.24) is 10.4 Å². The number of nitrogens with one attached hydrogen (secondary N) is 1. The third kappa shape index (κ3) is 2.34. The molecule has 5 nitrogen and oxygen atoms in total. The van der Waals surface area contributed by atoms with E-state index >= 15 is 0 Å². The van der Waals surface area contributed by atoms with Crippen LogP contribution in [-0.4, -0.2) is 10.9 Å². The highest BCUT2D eigenvalue weighted by Crippen LogP contribution is 2.40. The first kappa shape index (κ1) is 14.5. The highest BCUT2D eigenvalue weighted by molar-refractivity contribution is 7.21. The number of furan rings is 1. The predicted molar refractivity (Wildman–Crippen MR) is 74.0 cm³/mol. The Morgan fingerprint density at radius 2 is 2.18 bits per heavy atom. The van der Waals surface area contributed by atoms with Crippen LogP contribution in [-0.2, 0) is 6.18 Å². The average Bonchev–Trinajstić information content (AvgIpc) is 3.11. The van der Waals surface area contributed by atoms with Crippen molar-refractivity contribution in [1.29, 1.82) is 0 Å². The van der Waals surface area contributed by atoms with Gasteiger partial charge in [0, 0.05) is 6.20 Å². The number of carbonyl (C=O) groups is 1. The second kappa shape index (κ2) is 5.11. The van der Waals surface area contributed by atoms with Crippen LogP contribution in [0.5, 0.6) is 0 Å². The van der Waals surface area contributed by atoms with Crippen molar-refractivity contribution in [3.05, 3.63) is 41.1 Å². The number of alkyl halides is 3. The number of nitrogen functional groups attached to an aromatic ring is 1. The van der Waals surface area contributed by atoms with Gasteiger partial charge in [0.1, 0.15) is 10.6 Å². The molecule has 3 aromatic heterocycles. The Kier molecular flexibility index (Phi) is 3.38. The summed E-state index contributed by atoms with van der Waals surface area (Å²) >= 11 is 0.871. The lowest BCUT2D eigenvalue weighted by molar-refractivity contribution is -0.137. The summed E-state index contributed by atoms with van der Waals surface area (Å²) < 4.78 is 43.8. The number of hydrogen-bond acceptors (Lipinski definition) is 5. The van der Waals surface area contributed by atoms with Crippen molar-refractivity contribution in [2.24, 2.45) is 5.84 Å². The van der Waals surface area contributed by atoms with Crippen molar-refractivity contribution >= 4 is 27.5 Å². The van der Waals surface area contributed by atoms with E-state index in [1.54, 1.807) is 12.1 Å². The standard InChI is InChI=1S/C13H8F3N3O2S/c14-13(15,16)6-4-8-10(18-5-6)9(7-2-1-3-21-7)11(22-8)12(20)19-17/h1-5H,17H2,(H,19,20). The molecule has 0 saturated heterocycles. The molecule has 0 fully saturated rings. The lowest BCUT2D eigenvalue weighted by atomic mass is 10.1. The number of aromatic nitrogens is 1. The number of nitrogens with two attached hydrogens (primary N) is 1. The van der Waals surface area contributed by atoms with Gasteiger partial charge < -0.3 is 4.42 Å². The lowest BCUT2D eigenvalue weighted by Gasteiger charge is -2.05. The summed E-state index contributed by atoms with van der Waals surface area (Å²) in [5, 5.41) is 0. The molecule has 114 valence electrons. The fourth-order valence-electron chi connectivity index (χ4n) is 2.01. The van der Waals surface area contributed by atoms with Crippen molar-refractivity contribution in [3.8, 4) is 11.3 Å². The molecule has 22 heavy (non-hydrogen) atoms. The highest BCUT2D eigenvalue weighted by atomic mass is 32.1. The van der Waals surface area contributed by atoms with Crippen LogP contribution in [0, 0.1) is 0 Å². The second-order valence-corrected chi connectivity index (χ2v) is 5.38. The summed E-state index contributed by atoms with van der Waals surface area (Å²) in [6, 6.07) is 4.15. The Bertz CT molecular complexity index is 840. The topological polar surface area (TPSA) is 81.1 Å². The van der Waals surface area contributed by atoms with Crippen LogP contribution in [0.4, 0.5) is 13.2 Å². The molecule has 0 aliphatic carbocycles. The van der Waals surface area contributed by atoms with Gasteiger partial charge in [-0.2, -0.15) is 13.2 Å². The molecule has 3 aromatic rings. The minimum Gasteiger partial charge on any atom is -0.464 e. The van der Waals surface area contributed by atoms with E-state index in [1.165, 1.54) is 6.26 Å². The van der Waals surface area contributed by atoms with Gasteiger partial charge in [0.15, 0.2) is 0 Å². The molecule has 3 heterocycles. The lowest BCUT2D eigenvalue weighted by Crippen LogP contribution is -2.29. The molecule has 0 atom stereocenters. The fraction of sp³-hybridized carbons (Fsp3) is 0.0769. The molecule has 1 amide bonds. The van der Waals surface area contributed by atoms with E-state index in [0.29, 0.717) is 11.3 Å². The highest BCUT2D eigenvalue weighted by Gasteiger charge is 2.32. The monoisotopic (exact) mass is 327 g/mol. The van der Waals surface area contributed by atoms with Crippen LogP contribution < -0.4 is 11.3 Å². The van der Waals surface area contributed by atoms with E-state index in [1.807, 2.05) is 5.43 Å². The summed E-state index contributed by atoms with van der Waals surface area (Å²) in [7, 11) is 0. The largest absolute Gasteiger partial charge is 0.464 e. The smallest absolute Gasteiger partial charge is 0.417 e. The van der Waals surface area contributed by atoms with Gasteiger partial charge in [-0.25, -0.2) is 5.84 Å². The number of carbonyl (C=O) groups excluding carboxylic acids is 1. The maximum atomic E-state index is 12.8. The minimum absolute atomic E-state index is 0.138. The first-order valence-electron chi connectivity index (χ1n) is 5.96. The minimum atomic E-state index is -4.51.